The van der Waals surface area contributed by atoms with E-state index in [1.54, 1.807) is 19.9 Å². The Balaban J connectivity index is 2.69. The van der Waals surface area contributed by atoms with Crippen molar-refractivity contribution in [2.24, 2.45) is 0 Å². The Hall–Kier alpha value is -1.57. The number of ether oxygens (including phenoxy) is 1. The highest BCUT2D eigenvalue weighted by Crippen LogP contribution is 2.36. The Morgan fingerprint density at radius 2 is 1.96 bits per heavy atom. The number of hydrogen-bond acceptors (Lipinski definition) is 2. The predicted octanol–water partition coefficient (Wildman–Crippen LogP) is 5.19. The lowest BCUT2D eigenvalue weighted by Crippen LogP contribution is -2.05. The summed E-state index contributed by atoms with van der Waals surface area (Å²) in [4.78, 5) is 3.60. The van der Waals surface area contributed by atoms with Gasteiger partial charge in [-0.1, -0.05) is 22.0 Å². The maximum atomic E-state index is 14.7. The number of nitrogens with zero attached hydrogens (tertiary/aromatic N) is 2. The van der Waals surface area contributed by atoms with E-state index < -0.39 is 17.7 Å². The van der Waals surface area contributed by atoms with Crippen LogP contribution in [0.5, 0.6) is 5.75 Å². The maximum Gasteiger partial charge on any atom is 0.434 e. The van der Waals surface area contributed by atoms with Gasteiger partial charge in [-0.15, -0.1) is 0 Å². The van der Waals surface area contributed by atoms with Crippen molar-refractivity contribution in [3.8, 4) is 17.1 Å². The number of imidazole rings is 1. The van der Waals surface area contributed by atoms with E-state index in [0.29, 0.717) is 10.9 Å². The minimum atomic E-state index is -4.59. The van der Waals surface area contributed by atoms with Crippen molar-refractivity contribution in [1.29, 1.82) is 0 Å². The van der Waals surface area contributed by atoms with Gasteiger partial charge in [0.25, 0.3) is 0 Å². The van der Waals surface area contributed by atoms with Crippen molar-refractivity contribution >= 4 is 15.9 Å². The fourth-order valence-corrected chi connectivity index (χ4v) is 2.66. The van der Waals surface area contributed by atoms with Gasteiger partial charge in [-0.25, -0.2) is 9.37 Å². The molecular formula is C15H15BrF4N2O. The molecule has 0 unspecified atom stereocenters. The predicted molar refractivity (Wildman–Crippen MR) is 82.2 cm³/mol. The number of aromatic nitrogens is 2. The molecule has 23 heavy (non-hydrogen) atoms. The van der Waals surface area contributed by atoms with Gasteiger partial charge in [0.15, 0.2) is 17.3 Å². The van der Waals surface area contributed by atoms with Crippen LogP contribution in [0.2, 0.25) is 0 Å². The SMILES string of the molecule is COc1c(CBr)ccc(-c2nc(C(F)(F)F)cn2C(C)C)c1F. The van der Waals surface area contributed by atoms with Gasteiger partial charge < -0.3 is 9.30 Å². The van der Waals surface area contributed by atoms with Crippen LogP contribution in [0.3, 0.4) is 0 Å². The number of benzene rings is 1. The fourth-order valence-electron chi connectivity index (χ4n) is 2.22. The van der Waals surface area contributed by atoms with E-state index in [0.717, 1.165) is 6.20 Å². The second kappa shape index (κ2) is 6.51. The smallest absolute Gasteiger partial charge is 0.434 e. The van der Waals surface area contributed by atoms with Gasteiger partial charge in [-0.2, -0.15) is 13.2 Å². The Morgan fingerprint density at radius 3 is 2.43 bits per heavy atom. The number of hydrogen-bond donors (Lipinski definition) is 0. The number of halogens is 5. The molecule has 1 heterocycles. The van der Waals surface area contributed by atoms with Gasteiger partial charge in [-0.05, 0) is 19.9 Å². The third kappa shape index (κ3) is 3.36. The average Bonchev–Trinajstić information content (AvgIpc) is 2.92. The van der Waals surface area contributed by atoms with Crippen LogP contribution < -0.4 is 4.74 Å². The van der Waals surface area contributed by atoms with E-state index in [4.69, 9.17) is 4.74 Å². The molecule has 126 valence electrons. The molecule has 1 aromatic heterocycles. The summed E-state index contributed by atoms with van der Waals surface area (Å²) in [6.45, 7) is 3.40. The lowest BCUT2D eigenvalue weighted by molar-refractivity contribution is -0.140. The molecule has 8 heteroatoms. The summed E-state index contributed by atoms with van der Waals surface area (Å²) in [6.07, 6.45) is -3.70. The fraction of sp³-hybridized carbons (Fsp3) is 0.400. The zero-order chi connectivity index (χ0) is 17.4. The monoisotopic (exact) mass is 394 g/mol. The number of rotatable bonds is 4. The molecule has 3 nitrogen and oxygen atoms in total. The Morgan fingerprint density at radius 1 is 1.30 bits per heavy atom. The summed E-state index contributed by atoms with van der Waals surface area (Å²) in [6, 6.07) is 2.70. The molecule has 0 radical (unpaired) electrons. The molecule has 0 bridgehead atoms. The van der Waals surface area contributed by atoms with Crippen molar-refractivity contribution in [2.75, 3.05) is 7.11 Å². The second-order valence-electron chi connectivity index (χ2n) is 5.20. The van der Waals surface area contributed by atoms with Crippen molar-refractivity contribution < 1.29 is 22.3 Å². The summed E-state index contributed by atoms with van der Waals surface area (Å²) in [5.41, 5.74) is -0.521. The van der Waals surface area contributed by atoms with Gasteiger partial charge >= 0.3 is 6.18 Å². The van der Waals surface area contributed by atoms with Crippen LogP contribution in [0.15, 0.2) is 18.3 Å². The molecule has 0 aliphatic carbocycles. The van der Waals surface area contributed by atoms with Crippen molar-refractivity contribution in [1.82, 2.24) is 9.55 Å². The van der Waals surface area contributed by atoms with E-state index in [9.17, 15) is 17.6 Å². The average molecular weight is 395 g/mol. The van der Waals surface area contributed by atoms with Gasteiger partial charge in [0.1, 0.15) is 5.82 Å². The lowest BCUT2D eigenvalue weighted by atomic mass is 10.1. The molecule has 0 saturated heterocycles. The molecule has 0 aliphatic heterocycles. The molecular weight excluding hydrogens is 380 g/mol. The summed E-state index contributed by atoms with van der Waals surface area (Å²) in [5.74, 6) is -0.818. The molecule has 2 aromatic rings. The molecule has 0 amide bonds. The van der Waals surface area contributed by atoms with E-state index in [1.165, 1.54) is 17.7 Å². The van der Waals surface area contributed by atoms with Crippen LogP contribution in [0.1, 0.15) is 31.1 Å². The van der Waals surface area contributed by atoms with Gasteiger partial charge in [0, 0.05) is 23.1 Å². The first kappa shape index (κ1) is 17.8. The highest BCUT2D eigenvalue weighted by molar-refractivity contribution is 9.08. The summed E-state index contributed by atoms with van der Waals surface area (Å²) in [7, 11) is 1.31. The van der Waals surface area contributed by atoms with Gasteiger partial charge in [-0.3, -0.25) is 0 Å². The molecule has 0 saturated carbocycles. The zero-order valence-corrected chi connectivity index (χ0v) is 14.3. The third-order valence-corrected chi connectivity index (χ3v) is 3.95. The highest BCUT2D eigenvalue weighted by Gasteiger charge is 2.35. The molecule has 2 rings (SSSR count). The van der Waals surface area contributed by atoms with E-state index in [1.807, 2.05) is 0 Å². The lowest BCUT2D eigenvalue weighted by Gasteiger charge is -2.14. The highest BCUT2D eigenvalue weighted by atomic mass is 79.9. The first-order valence-electron chi connectivity index (χ1n) is 6.78. The Labute approximate surface area is 139 Å². The van der Waals surface area contributed by atoms with Crippen molar-refractivity contribution in [3.05, 3.63) is 35.4 Å². The van der Waals surface area contributed by atoms with Crippen molar-refractivity contribution in [2.45, 2.75) is 31.4 Å². The topological polar surface area (TPSA) is 27.1 Å². The summed E-state index contributed by atoms with van der Waals surface area (Å²) in [5, 5.41) is 0.361. The third-order valence-electron chi connectivity index (χ3n) is 3.35. The van der Waals surface area contributed by atoms with Crippen LogP contribution in [-0.4, -0.2) is 16.7 Å². The first-order valence-corrected chi connectivity index (χ1v) is 7.90. The molecule has 0 N–H and O–H groups in total. The first-order chi connectivity index (χ1) is 10.7. The van der Waals surface area contributed by atoms with Crippen LogP contribution in [0, 0.1) is 5.82 Å². The summed E-state index contributed by atoms with van der Waals surface area (Å²) < 4.78 is 59.8. The minimum absolute atomic E-state index is 0.00811. The van der Waals surface area contributed by atoms with Crippen LogP contribution >= 0.6 is 15.9 Å². The Kier molecular flexibility index (Phi) is 5.03. The quantitative estimate of drug-likeness (QED) is 0.526. The molecule has 0 atom stereocenters. The molecule has 0 fully saturated rings. The van der Waals surface area contributed by atoms with Gasteiger partial charge in [0.05, 0.1) is 12.7 Å². The minimum Gasteiger partial charge on any atom is -0.493 e. The number of methoxy groups -OCH3 is 1. The Bertz CT molecular complexity index is 710. The normalized spacial score (nSPS) is 12.0. The largest absolute Gasteiger partial charge is 0.493 e. The maximum absolute atomic E-state index is 14.7. The van der Waals surface area contributed by atoms with Crippen LogP contribution in [-0.2, 0) is 11.5 Å². The number of alkyl halides is 4. The molecule has 0 aliphatic rings. The van der Waals surface area contributed by atoms with E-state index in [-0.39, 0.29) is 23.2 Å². The van der Waals surface area contributed by atoms with E-state index >= 15 is 0 Å². The summed E-state index contributed by atoms with van der Waals surface area (Å²) >= 11 is 3.22. The van der Waals surface area contributed by atoms with Crippen LogP contribution in [0.25, 0.3) is 11.4 Å². The molecule has 1 aromatic carbocycles. The second-order valence-corrected chi connectivity index (χ2v) is 5.76. The zero-order valence-electron chi connectivity index (χ0n) is 12.7. The molecule has 0 spiro atoms. The standard InChI is InChI=1S/C15H15BrF4N2O/c1-8(2)22-7-11(15(18,19)20)21-14(22)10-5-4-9(6-16)13(23-3)12(10)17/h4-5,7-8H,6H2,1-3H3. The van der Waals surface area contributed by atoms with Gasteiger partial charge in [0.2, 0.25) is 0 Å². The van der Waals surface area contributed by atoms with Crippen LogP contribution in [0.4, 0.5) is 17.6 Å². The van der Waals surface area contributed by atoms with E-state index in [2.05, 4.69) is 20.9 Å². The van der Waals surface area contributed by atoms with Crippen molar-refractivity contribution in [3.63, 3.8) is 0 Å².